The Labute approximate surface area is 67.1 Å². The Morgan fingerprint density at radius 2 is 2.30 bits per heavy atom. The molecule has 1 saturated carbocycles. The van der Waals surface area contributed by atoms with Crippen LogP contribution < -0.4 is 0 Å². The van der Waals surface area contributed by atoms with Gasteiger partial charge in [0, 0.05) is 5.25 Å². The van der Waals surface area contributed by atoms with Crippen molar-refractivity contribution < 1.29 is 0 Å². The van der Waals surface area contributed by atoms with Gasteiger partial charge in [-0.1, -0.05) is 19.1 Å². The summed E-state index contributed by atoms with van der Waals surface area (Å²) in [7, 11) is 0. The van der Waals surface area contributed by atoms with Gasteiger partial charge in [0.25, 0.3) is 0 Å². The van der Waals surface area contributed by atoms with Gasteiger partial charge in [-0.3, -0.25) is 0 Å². The van der Waals surface area contributed by atoms with Gasteiger partial charge < -0.3 is 0 Å². The highest BCUT2D eigenvalue weighted by Gasteiger charge is 2.38. The summed E-state index contributed by atoms with van der Waals surface area (Å²) in [6.07, 6.45) is 2.64. The summed E-state index contributed by atoms with van der Waals surface area (Å²) in [6.45, 7) is 6.43. The third-order valence-electron chi connectivity index (χ3n) is 2.86. The molecule has 0 radical (unpaired) electrons. The molecular formula is C9H14S. The van der Waals surface area contributed by atoms with E-state index in [4.69, 9.17) is 0 Å². The van der Waals surface area contributed by atoms with Crippen molar-refractivity contribution in [2.75, 3.05) is 5.75 Å². The van der Waals surface area contributed by atoms with E-state index >= 15 is 0 Å². The fourth-order valence-corrected chi connectivity index (χ4v) is 3.72. The molecule has 56 valence electrons. The first kappa shape index (κ1) is 6.78. The van der Waals surface area contributed by atoms with Crippen molar-refractivity contribution in [2.24, 2.45) is 11.8 Å². The maximum absolute atomic E-state index is 4.06. The topological polar surface area (TPSA) is 0 Å². The van der Waals surface area contributed by atoms with Crippen LogP contribution >= 0.6 is 11.8 Å². The first-order valence-corrected chi connectivity index (χ1v) is 5.10. The van der Waals surface area contributed by atoms with E-state index in [-0.39, 0.29) is 0 Å². The van der Waals surface area contributed by atoms with E-state index < -0.39 is 0 Å². The number of allylic oxidation sites excluding steroid dienone is 1. The molecule has 0 nitrogen and oxygen atoms in total. The third-order valence-corrected chi connectivity index (χ3v) is 4.35. The van der Waals surface area contributed by atoms with Gasteiger partial charge in [0.05, 0.1) is 0 Å². The van der Waals surface area contributed by atoms with E-state index in [0.717, 1.165) is 17.1 Å². The minimum absolute atomic E-state index is 0.907. The first-order valence-electron chi connectivity index (χ1n) is 4.05. The second-order valence-electron chi connectivity index (χ2n) is 3.62. The lowest BCUT2D eigenvalue weighted by molar-refractivity contribution is 0.448. The van der Waals surface area contributed by atoms with Gasteiger partial charge in [0.1, 0.15) is 0 Å². The zero-order valence-electron chi connectivity index (χ0n) is 6.47. The van der Waals surface area contributed by atoms with Crippen molar-refractivity contribution >= 4 is 11.8 Å². The van der Waals surface area contributed by atoms with Crippen LogP contribution in [0.1, 0.15) is 19.8 Å². The van der Waals surface area contributed by atoms with Crippen LogP contribution in [0.5, 0.6) is 0 Å². The highest BCUT2D eigenvalue weighted by Crippen LogP contribution is 2.48. The molecule has 1 aliphatic heterocycles. The molecule has 2 rings (SSSR count). The van der Waals surface area contributed by atoms with Crippen LogP contribution in [-0.2, 0) is 0 Å². The highest BCUT2D eigenvalue weighted by atomic mass is 32.2. The summed E-state index contributed by atoms with van der Waals surface area (Å²) in [6, 6.07) is 0. The number of rotatable bonds is 0. The zero-order valence-corrected chi connectivity index (χ0v) is 7.29. The molecule has 2 aliphatic rings. The molecule has 0 N–H and O–H groups in total. The fraction of sp³-hybridized carbons (Fsp3) is 0.778. The molecule has 1 heteroatoms. The van der Waals surface area contributed by atoms with Crippen LogP contribution in [0.25, 0.3) is 0 Å². The molecule has 0 spiro atoms. The van der Waals surface area contributed by atoms with E-state index in [2.05, 4.69) is 25.3 Å². The predicted octanol–water partition coefficient (Wildman–Crippen LogP) is 2.70. The average molecular weight is 154 g/mol. The zero-order chi connectivity index (χ0) is 7.14. The van der Waals surface area contributed by atoms with Crippen molar-refractivity contribution in [3.63, 3.8) is 0 Å². The fourth-order valence-electron chi connectivity index (χ4n) is 2.24. The number of hydrogen-bond acceptors (Lipinski definition) is 1. The monoisotopic (exact) mass is 154 g/mol. The normalized spacial score (nSPS) is 46.1. The molecule has 10 heavy (non-hydrogen) atoms. The molecule has 0 aromatic heterocycles. The van der Waals surface area contributed by atoms with Crippen LogP contribution in [-0.4, -0.2) is 11.0 Å². The second-order valence-corrected chi connectivity index (χ2v) is 5.03. The SMILES string of the molecule is C=C1CC2CSC(C)C2C1. The summed E-state index contributed by atoms with van der Waals surface area (Å²) < 4.78 is 0. The Balaban J connectivity index is 2.12. The van der Waals surface area contributed by atoms with Gasteiger partial charge in [-0.15, -0.1) is 0 Å². The molecule has 1 saturated heterocycles. The Kier molecular flexibility index (Phi) is 1.56. The number of thioether (sulfide) groups is 1. The Morgan fingerprint density at radius 3 is 3.00 bits per heavy atom. The lowest BCUT2D eigenvalue weighted by atomic mass is 9.96. The van der Waals surface area contributed by atoms with Gasteiger partial charge in [0.15, 0.2) is 0 Å². The largest absolute Gasteiger partial charge is 0.158 e. The molecular weight excluding hydrogens is 140 g/mol. The Hall–Kier alpha value is 0.0900. The summed E-state index contributed by atoms with van der Waals surface area (Å²) in [5.41, 5.74) is 1.50. The van der Waals surface area contributed by atoms with Crippen molar-refractivity contribution in [2.45, 2.75) is 25.0 Å². The third kappa shape index (κ3) is 0.914. The van der Waals surface area contributed by atoms with E-state index in [1.54, 1.807) is 0 Å². The van der Waals surface area contributed by atoms with Crippen LogP contribution in [0.4, 0.5) is 0 Å². The van der Waals surface area contributed by atoms with E-state index in [9.17, 15) is 0 Å². The second kappa shape index (κ2) is 2.30. The molecule has 0 aromatic carbocycles. The maximum atomic E-state index is 4.06. The lowest BCUT2D eigenvalue weighted by Gasteiger charge is -2.10. The van der Waals surface area contributed by atoms with Gasteiger partial charge in [0.2, 0.25) is 0 Å². The Morgan fingerprint density at radius 1 is 1.50 bits per heavy atom. The van der Waals surface area contributed by atoms with Gasteiger partial charge in [-0.25, -0.2) is 0 Å². The van der Waals surface area contributed by atoms with Crippen molar-refractivity contribution in [3.8, 4) is 0 Å². The lowest BCUT2D eigenvalue weighted by Crippen LogP contribution is -2.09. The predicted molar refractivity (Wildman–Crippen MR) is 47.3 cm³/mol. The minimum atomic E-state index is 0.907. The smallest absolute Gasteiger partial charge is 0.00532 e. The molecule has 3 unspecified atom stereocenters. The molecule has 1 aliphatic carbocycles. The summed E-state index contributed by atoms with van der Waals surface area (Å²) in [5, 5.41) is 0.907. The van der Waals surface area contributed by atoms with Gasteiger partial charge >= 0.3 is 0 Å². The van der Waals surface area contributed by atoms with E-state index in [1.807, 2.05) is 0 Å². The van der Waals surface area contributed by atoms with Crippen LogP contribution in [0.15, 0.2) is 12.2 Å². The van der Waals surface area contributed by atoms with Gasteiger partial charge in [-0.2, -0.15) is 11.8 Å². The molecule has 0 aromatic rings. The molecule has 0 bridgehead atoms. The average Bonchev–Trinajstić information content (AvgIpc) is 2.35. The van der Waals surface area contributed by atoms with Crippen LogP contribution in [0, 0.1) is 11.8 Å². The molecule has 1 heterocycles. The van der Waals surface area contributed by atoms with E-state index in [0.29, 0.717) is 0 Å². The Bertz CT molecular complexity index is 162. The highest BCUT2D eigenvalue weighted by molar-refractivity contribution is 8.00. The first-order chi connectivity index (χ1) is 4.77. The summed E-state index contributed by atoms with van der Waals surface area (Å²) in [5.74, 6) is 3.37. The molecule has 3 atom stereocenters. The summed E-state index contributed by atoms with van der Waals surface area (Å²) >= 11 is 2.15. The van der Waals surface area contributed by atoms with Crippen LogP contribution in [0.2, 0.25) is 0 Å². The van der Waals surface area contributed by atoms with Crippen molar-refractivity contribution in [1.82, 2.24) is 0 Å². The summed E-state index contributed by atoms with van der Waals surface area (Å²) in [4.78, 5) is 0. The molecule has 0 amide bonds. The standard InChI is InChI=1S/C9H14S/c1-6-3-8-5-10-7(2)9(8)4-6/h7-9H,1,3-5H2,2H3. The number of fused-ring (bicyclic) bond motifs is 1. The van der Waals surface area contributed by atoms with Crippen molar-refractivity contribution in [1.29, 1.82) is 0 Å². The maximum Gasteiger partial charge on any atom is 0.00532 e. The minimum Gasteiger partial charge on any atom is -0.158 e. The molecule has 2 fully saturated rings. The van der Waals surface area contributed by atoms with Gasteiger partial charge in [-0.05, 0) is 30.4 Å². The number of hydrogen-bond donors (Lipinski definition) is 0. The quantitative estimate of drug-likeness (QED) is 0.483. The van der Waals surface area contributed by atoms with E-state index in [1.165, 1.54) is 24.2 Å². The van der Waals surface area contributed by atoms with Crippen LogP contribution in [0.3, 0.4) is 0 Å². The van der Waals surface area contributed by atoms with Crippen molar-refractivity contribution in [3.05, 3.63) is 12.2 Å².